The Kier molecular flexibility index (Phi) is 3.44. The Labute approximate surface area is 110 Å². The lowest BCUT2D eigenvalue weighted by atomic mass is 10.1. The molecule has 0 aromatic heterocycles. The highest BCUT2D eigenvalue weighted by Crippen LogP contribution is 2.31. The van der Waals surface area contributed by atoms with Gasteiger partial charge in [-0.1, -0.05) is 0 Å². The summed E-state index contributed by atoms with van der Waals surface area (Å²) in [5.74, 6) is -0.294. The maximum Gasteiger partial charge on any atom is 0.405 e. The smallest absolute Gasteiger partial charge is 0.405 e. The molecule has 1 aromatic carbocycles. The third-order valence-electron chi connectivity index (χ3n) is 2.71. The molecule has 1 aromatic rings. The zero-order chi connectivity index (χ0) is 14.0. The van der Waals surface area contributed by atoms with Gasteiger partial charge in [-0.05, 0) is 18.2 Å². The van der Waals surface area contributed by atoms with E-state index >= 15 is 0 Å². The van der Waals surface area contributed by atoms with Crippen molar-refractivity contribution in [2.45, 2.75) is 26.2 Å². The van der Waals surface area contributed by atoms with Gasteiger partial charge in [-0.25, -0.2) is 4.79 Å². The summed E-state index contributed by atoms with van der Waals surface area (Å²) in [5, 5.41) is 10.5. The van der Waals surface area contributed by atoms with Crippen LogP contribution < -0.4 is 10.1 Å². The number of hydrogen-bond donors (Lipinski definition) is 2. The van der Waals surface area contributed by atoms with Crippen LogP contribution in [0.5, 0.6) is 5.75 Å². The van der Waals surface area contributed by atoms with Crippen molar-refractivity contribution in [2.75, 3.05) is 6.54 Å². The van der Waals surface area contributed by atoms with Crippen molar-refractivity contribution in [3.63, 3.8) is 0 Å². The average Bonchev–Trinajstić information content (AvgIpc) is 2.34. The Morgan fingerprint density at radius 3 is 2.84 bits per heavy atom. The van der Waals surface area contributed by atoms with E-state index in [-0.39, 0.29) is 12.3 Å². The molecule has 0 saturated heterocycles. The fourth-order valence-corrected chi connectivity index (χ4v) is 1.77. The Morgan fingerprint density at radius 1 is 1.42 bits per heavy atom. The molecular formula is C13H15NO5. The third-order valence-corrected chi connectivity index (χ3v) is 2.71. The number of rotatable bonds is 3. The highest BCUT2D eigenvalue weighted by molar-refractivity contribution is 5.99. The summed E-state index contributed by atoms with van der Waals surface area (Å²) >= 11 is 0. The molecule has 0 unspecified atom stereocenters. The molecule has 0 fully saturated rings. The van der Waals surface area contributed by atoms with Gasteiger partial charge in [-0.2, -0.15) is 0 Å². The number of carbonyl (C=O) groups is 2. The normalized spacial score (nSPS) is 16.1. The van der Waals surface area contributed by atoms with E-state index in [0.29, 0.717) is 17.9 Å². The molecule has 2 rings (SSSR count). The van der Waals surface area contributed by atoms with Gasteiger partial charge in [0.25, 0.3) is 0 Å². The second-order valence-corrected chi connectivity index (χ2v) is 4.69. The number of amides is 1. The standard InChI is InChI=1S/C13H15NO5/c1-13(2)18-7-9-5-8(3-4-11(9)19-13)10(15)6-14-12(16)17/h3-5,14H,6-7H2,1-2H3,(H,16,17). The Bertz CT molecular complexity index is 524. The van der Waals surface area contributed by atoms with Gasteiger partial charge < -0.3 is 19.9 Å². The topological polar surface area (TPSA) is 84.9 Å². The predicted octanol–water partition coefficient (Wildman–Crippen LogP) is 1.78. The molecule has 0 radical (unpaired) electrons. The van der Waals surface area contributed by atoms with Crippen molar-refractivity contribution in [2.24, 2.45) is 0 Å². The van der Waals surface area contributed by atoms with E-state index in [1.165, 1.54) is 0 Å². The van der Waals surface area contributed by atoms with E-state index in [1.54, 1.807) is 18.2 Å². The number of carbonyl (C=O) groups excluding carboxylic acids is 1. The molecule has 1 aliphatic heterocycles. The summed E-state index contributed by atoms with van der Waals surface area (Å²) in [4.78, 5) is 22.1. The first-order valence-electron chi connectivity index (χ1n) is 5.83. The molecular weight excluding hydrogens is 250 g/mol. The van der Waals surface area contributed by atoms with Gasteiger partial charge in [-0.15, -0.1) is 0 Å². The molecule has 1 amide bonds. The largest absolute Gasteiger partial charge is 0.465 e. The molecule has 6 heteroatoms. The van der Waals surface area contributed by atoms with Crippen LogP contribution in [-0.4, -0.2) is 29.3 Å². The van der Waals surface area contributed by atoms with Crippen molar-refractivity contribution in [3.05, 3.63) is 29.3 Å². The van der Waals surface area contributed by atoms with Crippen LogP contribution in [-0.2, 0) is 11.3 Å². The zero-order valence-corrected chi connectivity index (χ0v) is 10.7. The maximum absolute atomic E-state index is 11.8. The van der Waals surface area contributed by atoms with E-state index < -0.39 is 11.9 Å². The minimum absolute atomic E-state index is 0.249. The van der Waals surface area contributed by atoms with E-state index in [1.807, 2.05) is 19.2 Å². The summed E-state index contributed by atoms with van der Waals surface area (Å²) in [6.45, 7) is 3.73. The molecule has 0 aliphatic carbocycles. The van der Waals surface area contributed by atoms with Gasteiger partial charge in [0, 0.05) is 25.0 Å². The molecule has 0 spiro atoms. The van der Waals surface area contributed by atoms with Crippen LogP contribution in [0.15, 0.2) is 18.2 Å². The average molecular weight is 265 g/mol. The number of benzene rings is 1. The van der Waals surface area contributed by atoms with E-state index in [4.69, 9.17) is 14.6 Å². The van der Waals surface area contributed by atoms with E-state index in [0.717, 1.165) is 5.56 Å². The lowest BCUT2D eigenvalue weighted by Gasteiger charge is -2.32. The number of Topliss-reactive ketones (excluding diaryl/α,β-unsaturated/α-hetero) is 1. The Hall–Kier alpha value is -2.08. The highest BCUT2D eigenvalue weighted by Gasteiger charge is 2.27. The van der Waals surface area contributed by atoms with Crippen LogP contribution in [0.4, 0.5) is 4.79 Å². The van der Waals surface area contributed by atoms with Crippen molar-refractivity contribution in [3.8, 4) is 5.75 Å². The minimum atomic E-state index is -1.22. The number of hydrogen-bond acceptors (Lipinski definition) is 4. The Balaban J connectivity index is 2.14. The highest BCUT2D eigenvalue weighted by atomic mass is 16.7. The first kappa shape index (κ1) is 13.4. The van der Waals surface area contributed by atoms with Crippen LogP contribution >= 0.6 is 0 Å². The minimum Gasteiger partial charge on any atom is -0.465 e. The summed E-state index contributed by atoms with van der Waals surface area (Å²) in [6.07, 6.45) is -1.22. The molecule has 19 heavy (non-hydrogen) atoms. The first-order valence-corrected chi connectivity index (χ1v) is 5.83. The van der Waals surface area contributed by atoms with Gasteiger partial charge in [0.15, 0.2) is 5.78 Å². The molecule has 0 bridgehead atoms. The van der Waals surface area contributed by atoms with Gasteiger partial charge >= 0.3 is 6.09 Å². The summed E-state index contributed by atoms with van der Waals surface area (Å²) in [6, 6.07) is 4.98. The SMILES string of the molecule is CC1(C)OCc2cc(C(=O)CNC(=O)O)ccc2O1. The van der Waals surface area contributed by atoms with Gasteiger partial charge in [0.05, 0.1) is 13.2 Å². The van der Waals surface area contributed by atoms with Crippen molar-refractivity contribution in [1.29, 1.82) is 0 Å². The summed E-state index contributed by atoms with van der Waals surface area (Å²) < 4.78 is 11.1. The number of carboxylic acid groups (broad SMARTS) is 1. The summed E-state index contributed by atoms with van der Waals surface area (Å²) in [5.41, 5.74) is 1.21. The monoisotopic (exact) mass is 265 g/mol. The van der Waals surface area contributed by atoms with Crippen molar-refractivity contribution >= 4 is 11.9 Å². The molecule has 2 N–H and O–H groups in total. The molecule has 1 heterocycles. The second-order valence-electron chi connectivity index (χ2n) is 4.69. The number of ketones is 1. The maximum atomic E-state index is 11.8. The quantitative estimate of drug-likeness (QED) is 0.814. The van der Waals surface area contributed by atoms with Crippen LogP contribution in [0.2, 0.25) is 0 Å². The van der Waals surface area contributed by atoms with Crippen molar-refractivity contribution < 1.29 is 24.2 Å². The number of nitrogens with one attached hydrogen (secondary N) is 1. The zero-order valence-electron chi connectivity index (χ0n) is 10.7. The third kappa shape index (κ3) is 3.23. The summed E-state index contributed by atoms with van der Waals surface area (Å²) in [7, 11) is 0. The van der Waals surface area contributed by atoms with Crippen LogP contribution in [0.3, 0.4) is 0 Å². The fourth-order valence-electron chi connectivity index (χ4n) is 1.77. The lowest BCUT2D eigenvalue weighted by Crippen LogP contribution is -2.35. The Morgan fingerprint density at radius 2 is 2.16 bits per heavy atom. The van der Waals surface area contributed by atoms with Crippen LogP contribution in [0, 0.1) is 0 Å². The lowest BCUT2D eigenvalue weighted by molar-refractivity contribution is -0.180. The molecule has 1 aliphatic rings. The first-order chi connectivity index (χ1) is 8.87. The number of ether oxygens (including phenoxy) is 2. The van der Waals surface area contributed by atoms with Crippen LogP contribution in [0.25, 0.3) is 0 Å². The molecule has 0 atom stereocenters. The second kappa shape index (κ2) is 4.89. The fraction of sp³-hybridized carbons (Fsp3) is 0.385. The molecule has 0 saturated carbocycles. The van der Waals surface area contributed by atoms with Crippen molar-refractivity contribution in [1.82, 2.24) is 5.32 Å². The van der Waals surface area contributed by atoms with E-state index in [2.05, 4.69) is 0 Å². The predicted molar refractivity (Wildman–Crippen MR) is 66.3 cm³/mol. The number of fused-ring (bicyclic) bond motifs is 1. The molecule has 6 nitrogen and oxygen atoms in total. The van der Waals surface area contributed by atoms with Gasteiger partial charge in [-0.3, -0.25) is 4.79 Å². The van der Waals surface area contributed by atoms with Gasteiger partial charge in [0.1, 0.15) is 5.75 Å². The molecule has 102 valence electrons. The van der Waals surface area contributed by atoms with E-state index in [9.17, 15) is 9.59 Å². The van der Waals surface area contributed by atoms with Crippen LogP contribution in [0.1, 0.15) is 29.8 Å². The van der Waals surface area contributed by atoms with Gasteiger partial charge in [0.2, 0.25) is 5.79 Å².